The zero-order valence-corrected chi connectivity index (χ0v) is 23.2. The molecule has 3 rings (SSSR count). The lowest BCUT2D eigenvalue weighted by Gasteiger charge is -2.41. The first kappa shape index (κ1) is 25.6. The van der Waals surface area contributed by atoms with Gasteiger partial charge in [-0.1, -0.05) is 101 Å². The van der Waals surface area contributed by atoms with Crippen LogP contribution in [0.1, 0.15) is 97.9 Å². The van der Waals surface area contributed by atoms with Crippen molar-refractivity contribution in [2.24, 2.45) is 0 Å². The summed E-state index contributed by atoms with van der Waals surface area (Å²) in [6.45, 7) is 23.3. The fraction of sp³-hybridized carbons (Fsp3) is 0.517. The summed E-state index contributed by atoms with van der Waals surface area (Å²) in [6, 6.07) is 13.2. The fourth-order valence-corrected chi connectivity index (χ4v) is 8.23. The lowest BCUT2D eigenvalue weighted by atomic mass is 9.92. The molecule has 33 heavy (non-hydrogen) atoms. The summed E-state index contributed by atoms with van der Waals surface area (Å²) in [5, 5.41) is 0.574. The lowest BCUT2D eigenvalue weighted by molar-refractivity contribution is -0.598. The van der Waals surface area contributed by atoms with Crippen molar-refractivity contribution in [1.82, 2.24) is 9.55 Å². The number of nitrogens with zero attached hydrogens (tertiary/aromatic N) is 3. The average molecular weight is 465 g/mol. The van der Waals surface area contributed by atoms with E-state index in [0.717, 1.165) is 12.0 Å². The van der Waals surface area contributed by atoms with Gasteiger partial charge in [-0.3, -0.25) is 0 Å². The molecule has 0 aliphatic heterocycles. The highest BCUT2D eigenvalue weighted by molar-refractivity contribution is 7.60. The van der Waals surface area contributed by atoms with E-state index in [-0.39, 0.29) is 18.2 Å². The van der Waals surface area contributed by atoms with Crippen LogP contribution < -0.4 is 4.57 Å². The Bertz CT molecular complexity index is 1040. The minimum absolute atomic E-state index is 0.232. The number of aromatic nitrogens is 3. The smallest absolute Gasteiger partial charge is 0.236 e. The maximum Gasteiger partial charge on any atom is 0.267 e. The average Bonchev–Trinajstić information content (AvgIpc) is 3.20. The van der Waals surface area contributed by atoms with Gasteiger partial charge < -0.3 is 0 Å². The van der Waals surface area contributed by atoms with Crippen LogP contribution in [0.4, 0.5) is 0 Å². The number of pyridine rings is 1. The second kappa shape index (κ2) is 9.71. The van der Waals surface area contributed by atoms with Crippen molar-refractivity contribution in [3.8, 4) is 11.5 Å². The van der Waals surface area contributed by atoms with E-state index in [9.17, 15) is 0 Å². The maximum absolute atomic E-state index is 5.10. The maximum atomic E-state index is 5.10. The van der Waals surface area contributed by atoms with Gasteiger partial charge in [-0.2, -0.15) is 0 Å². The highest BCUT2D eigenvalue weighted by Crippen LogP contribution is 2.61. The molecule has 4 heteroatoms. The number of hydrogen-bond donors (Lipinski definition) is 0. The predicted molar refractivity (Wildman–Crippen MR) is 143 cm³/mol. The minimum atomic E-state index is -0.232. The molecule has 0 aliphatic rings. The van der Waals surface area contributed by atoms with Crippen LogP contribution in [0.5, 0.6) is 0 Å². The molecule has 3 nitrogen and oxygen atoms in total. The number of rotatable bonds is 6. The standard InChI is InChI=1S/C29H43N3P/c1-21(2)24-14-12-15-25(22(3)4)27(24)32-18-17-31(20-32)26-16-11-13-23(30-26)19-33(28(5,6)7)29(8,9)10/h11-18,20-22H,19H2,1-10H3/q+1. The van der Waals surface area contributed by atoms with E-state index in [2.05, 4.69) is 133 Å². The molecule has 0 fully saturated rings. The van der Waals surface area contributed by atoms with Crippen LogP contribution in [0.2, 0.25) is 0 Å². The highest BCUT2D eigenvalue weighted by Gasteiger charge is 2.35. The molecule has 0 atom stereocenters. The quantitative estimate of drug-likeness (QED) is 0.268. The molecule has 178 valence electrons. The number of hydrogen-bond acceptors (Lipinski definition) is 1. The molecule has 0 amide bonds. The van der Waals surface area contributed by atoms with Gasteiger partial charge in [0.2, 0.25) is 0 Å². The molecule has 2 aromatic heterocycles. The van der Waals surface area contributed by atoms with E-state index < -0.39 is 0 Å². The highest BCUT2D eigenvalue weighted by atomic mass is 31.1. The molecule has 0 saturated heterocycles. The second-order valence-electron chi connectivity index (χ2n) is 11.7. The van der Waals surface area contributed by atoms with Gasteiger partial charge in [-0.25, -0.2) is 9.13 Å². The van der Waals surface area contributed by atoms with Crippen molar-refractivity contribution >= 4 is 7.92 Å². The van der Waals surface area contributed by atoms with E-state index in [1.807, 2.05) is 0 Å². The van der Waals surface area contributed by atoms with E-state index in [1.54, 1.807) is 0 Å². The Labute approximate surface area is 203 Å². The van der Waals surface area contributed by atoms with Crippen LogP contribution in [0.3, 0.4) is 0 Å². The minimum Gasteiger partial charge on any atom is -0.236 e. The van der Waals surface area contributed by atoms with Gasteiger partial charge in [-0.05, 0) is 39.3 Å². The number of benzene rings is 1. The number of para-hydroxylation sites is 1. The SMILES string of the molecule is CC(C)c1cccc(C(C)C)c1-n1cc[n+](-c2cccc(CP(C(C)(C)C)C(C)(C)C)n2)c1. The molecule has 2 heterocycles. The van der Waals surface area contributed by atoms with Crippen molar-refractivity contribution < 1.29 is 4.57 Å². The summed E-state index contributed by atoms with van der Waals surface area (Å²) in [6.07, 6.45) is 7.52. The van der Waals surface area contributed by atoms with E-state index in [4.69, 9.17) is 4.98 Å². The summed E-state index contributed by atoms with van der Waals surface area (Å²) in [5.74, 6) is 1.91. The van der Waals surface area contributed by atoms with Crippen molar-refractivity contribution in [2.45, 2.75) is 97.5 Å². The van der Waals surface area contributed by atoms with Crippen LogP contribution in [-0.4, -0.2) is 19.9 Å². The third-order valence-corrected chi connectivity index (χ3v) is 10.1. The molecule has 0 saturated carbocycles. The third kappa shape index (κ3) is 5.93. The number of imidazole rings is 1. The van der Waals surface area contributed by atoms with Crippen LogP contribution in [-0.2, 0) is 6.16 Å². The summed E-state index contributed by atoms with van der Waals surface area (Å²) >= 11 is 0. The van der Waals surface area contributed by atoms with Gasteiger partial charge >= 0.3 is 0 Å². The molecule has 0 aliphatic carbocycles. The Morgan fingerprint density at radius 1 is 0.848 bits per heavy atom. The summed E-state index contributed by atoms with van der Waals surface area (Å²) in [5.41, 5.74) is 5.26. The van der Waals surface area contributed by atoms with Gasteiger partial charge in [-0.15, -0.1) is 4.98 Å². The zero-order chi connectivity index (χ0) is 24.6. The largest absolute Gasteiger partial charge is 0.267 e. The summed E-state index contributed by atoms with van der Waals surface area (Å²) in [4.78, 5) is 5.10. The van der Waals surface area contributed by atoms with Gasteiger partial charge in [0.25, 0.3) is 5.82 Å². The third-order valence-electron chi connectivity index (χ3n) is 6.23. The molecule has 0 bridgehead atoms. The molecule has 1 aromatic carbocycles. The summed E-state index contributed by atoms with van der Waals surface area (Å²) < 4.78 is 4.43. The van der Waals surface area contributed by atoms with Crippen molar-refractivity contribution in [2.75, 3.05) is 0 Å². The first-order chi connectivity index (χ1) is 15.3. The first-order valence-electron chi connectivity index (χ1n) is 12.3. The molecule has 0 unspecified atom stereocenters. The fourth-order valence-electron chi connectivity index (χ4n) is 4.77. The Hall–Kier alpha value is -1.99. The monoisotopic (exact) mass is 464 g/mol. The molecular formula is C29H43N3P+. The normalized spacial score (nSPS) is 12.9. The van der Waals surface area contributed by atoms with E-state index in [0.29, 0.717) is 11.8 Å². The lowest BCUT2D eigenvalue weighted by Crippen LogP contribution is -2.30. The van der Waals surface area contributed by atoms with E-state index in [1.165, 1.54) is 22.5 Å². The predicted octanol–water partition coefficient (Wildman–Crippen LogP) is 7.97. The van der Waals surface area contributed by atoms with Crippen LogP contribution in [0.25, 0.3) is 11.5 Å². The van der Waals surface area contributed by atoms with Crippen LogP contribution in [0.15, 0.2) is 55.1 Å². The van der Waals surface area contributed by atoms with Crippen molar-refractivity contribution in [3.05, 3.63) is 71.9 Å². The van der Waals surface area contributed by atoms with E-state index >= 15 is 0 Å². The Balaban J connectivity index is 1.99. The van der Waals surface area contributed by atoms with Crippen molar-refractivity contribution in [1.29, 1.82) is 0 Å². The molecule has 0 spiro atoms. The molecule has 0 radical (unpaired) electrons. The topological polar surface area (TPSA) is 21.7 Å². The molecule has 0 N–H and O–H groups in total. The van der Waals surface area contributed by atoms with Crippen molar-refractivity contribution in [3.63, 3.8) is 0 Å². The first-order valence-corrected chi connectivity index (χ1v) is 13.8. The Morgan fingerprint density at radius 3 is 1.91 bits per heavy atom. The second-order valence-corrected chi connectivity index (χ2v) is 15.6. The summed E-state index contributed by atoms with van der Waals surface area (Å²) in [7, 11) is -0.232. The molecular weight excluding hydrogens is 421 g/mol. The van der Waals surface area contributed by atoms with Gasteiger partial charge in [0.05, 0.1) is 6.20 Å². The van der Waals surface area contributed by atoms with Gasteiger partial charge in [0.15, 0.2) is 6.33 Å². The van der Waals surface area contributed by atoms with Crippen LogP contribution >= 0.6 is 7.92 Å². The molecule has 3 aromatic rings. The van der Waals surface area contributed by atoms with Gasteiger partial charge in [0, 0.05) is 12.2 Å². The van der Waals surface area contributed by atoms with Gasteiger partial charge in [0.1, 0.15) is 17.6 Å². The zero-order valence-electron chi connectivity index (χ0n) is 22.3. The van der Waals surface area contributed by atoms with Crippen LogP contribution in [0, 0.1) is 0 Å². The Morgan fingerprint density at radius 2 is 1.39 bits per heavy atom. The Kier molecular flexibility index (Phi) is 7.54.